The molecule has 0 aliphatic carbocycles. The summed E-state index contributed by atoms with van der Waals surface area (Å²) in [6.45, 7) is 4.09. The van der Waals surface area contributed by atoms with Gasteiger partial charge in [-0.1, -0.05) is 50.6 Å². The Hall–Kier alpha value is -8.48. The molecule has 0 bridgehead atoms. The first-order valence-electron chi connectivity index (χ1n) is 25.3. The SMILES string of the molecule is CC(C)[C@H](NC(=O)[C@H](CCCN=C(N)N)NC(=O)[C@H](C)NC(=O)[C@H](Cc1ccccc1)NC(=O)[C@@H]1CCCN1C(=O)[C@@H](N)CCCCN)C(=O)NCC(=O)N[C@@H](CC(=O)O)C(=O)N[C@@H](CC(=O)O)C(=O)N[C@@H](CC(=O)O)C(=O)O. The Morgan fingerprint density at radius 2 is 1.18 bits per heavy atom. The molecule has 20 N–H and O–H groups in total. The summed E-state index contributed by atoms with van der Waals surface area (Å²) >= 11 is 0. The maximum absolute atomic E-state index is 14.0. The van der Waals surface area contributed by atoms with Gasteiger partial charge >= 0.3 is 23.9 Å². The lowest BCUT2D eigenvalue weighted by Crippen LogP contribution is -2.60. The molecule has 0 radical (unpaired) electrons. The number of nitrogens with zero attached hydrogens (tertiary/aromatic N) is 2. The Morgan fingerprint density at radius 3 is 1.73 bits per heavy atom. The predicted octanol–water partition coefficient (Wildman–Crippen LogP) is -5.58. The zero-order chi connectivity index (χ0) is 59.5. The van der Waals surface area contributed by atoms with Gasteiger partial charge in [0, 0.05) is 19.5 Å². The molecule has 31 heteroatoms. The number of aliphatic carboxylic acids is 4. The minimum absolute atomic E-state index is 0.00509. The second kappa shape index (κ2) is 33.6. The van der Waals surface area contributed by atoms with Crippen molar-refractivity contribution in [3.63, 3.8) is 0 Å². The van der Waals surface area contributed by atoms with Crippen LogP contribution in [0.15, 0.2) is 35.3 Å². The van der Waals surface area contributed by atoms with E-state index in [1.54, 1.807) is 35.6 Å². The highest BCUT2D eigenvalue weighted by Gasteiger charge is 2.39. The number of carbonyl (C=O) groups excluding carboxylic acids is 9. The van der Waals surface area contributed by atoms with Gasteiger partial charge in [0.1, 0.15) is 48.3 Å². The summed E-state index contributed by atoms with van der Waals surface area (Å²) in [7, 11) is 0. The highest BCUT2D eigenvalue weighted by Crippen LogP contribution is 2.20. The summed E-state index contributed by atoms with van der Waals surface area (Å²) < 4.78 is 0. The van der Waals surface area contributed by atoms with Crippen LogP contribution in [0.1, 0.15) is 90.5 Å². The molecule has 1 aliphatic rings. The lowest BCUT2D eigenvalue weighted by Gasteiger charge is -2.29. The van der Waals surface area contributed by atoms with Crippen LogP contribution >= 0.6 is 0 Å². The minimum atomic E-state index is -2.10. The molecule has 1 saturated heterocycles. The Kier molecular flexibility index (Phi) is 28.4. The summed E-state index contributed by atoms with van der Waals surface area (Å²) in [6, 6.07) is -4.76. The van der Waals surface area contributed by atoms with Crippen LogP contribution in [0.25, 0.3) is 0 Å². The molecule has 1 aromatic rings. The smallest absolute Gasteiger partial charge is 0.326 e. The molecule has 1 fully saturated rings. The van der Waals surface area contributed by atoms with E-state index in [0.29, 0.717) is 44.2 Å². The van der Waals surface area contributed by atoms with Crippen molar-refractivity contribution < 1.29 is 82.8 Å². The second-order valence-electron chi connectivity index (χ2n) is 18.9. The fraction of sp³-hybridized carbons (Fsp3) is 0.583. The molecule has 2 rings (SSSR count). The van der Waals surface area contributed by atoms with Crippen LogP contribution in [-0.4, -0.2) is 189 Å². The van der Waals surface area contributed by atoms with Gasteiger partial charge in [0.2, 0.25) is 53.2 Å². The number of hydrogen-bond donors (Lipinski definition) is 16. The van der Waals surface area contributed by atoms with E-state index in [0.717, 1.165) is 0 Å². The second-order valence-corrected chi connectivity index (χ2v) is 18.9. The number of carboxylic acid groups (broad SMARTS) is 4. The van der Waals surface area contributed by atoms with E-state index >= 15 is 0 Å². The largest absolute Gasteiger partial charge is 0.481 e. The third kappa shape index (κ3) is 24.2. The molecule has 9 atom stereocenters. The minimum Gasteiger partial charge on any atom is -0.481 e. The number of rotatable bonds is 35. The third-order valence-electron chi connectivity index (χ3n) is 12.1. The van der Waals surface area contributed by atoms with Crippen LogP contribution in [0, 0.1) is 5.92 Å². The molecule has 9 amide bonds. The number of benzene rings is 1. The van der Waals surface area contributed by atoms with Gasteiger partial charge in [0.15, 0.2) is 5.96 Å². The number of unbranched alkanes of at least 4 members (excludes halogenated alkanes) is 1. The zero-order valence-electron chi connectivity index (χ0n) is 44.1. The van der Waals surface area contributed by atoms with E-state index in [4.69, 9.17) is 28.0 Å². The number of likely N-dealkylation sites (tertiary alicyclic amines) is 1. The number of carboxylic acids is 4. The maximum Gasteiger partial charge on any atom is 0.326 e. The summed E-state index contributed by atoms with van der Waals surface area (Å²) in [5.41, 5.74) is 23.3. The normalized spacial score (nSPS) is 15.9. The van der Waals surface area contributed by atoms with Gasteiger partial charge in [-0.15, -0.1) is 0 Å². The fourth-order valence-electron chi connectivity index (χ4n) is 7.92. The van der Waals surface area contributed by atoms with E-state index in [2.05, 4.69) is 31.6 Å². The standard InChI is InChI=1S/C48H74N14O17/c1-24(2)38(45(76)54-23-34(63)56-30(20-35(64)65)42(73)58-31(21-36(66)67)43(74)60-32(47(78)79)22-37(68)69)61-40(71)28(14-9-17-53-48(51)52)57-39(70)25(3)55-41(72)29(19-26-11-5-4-6-12-26)59-44(75)33-15-10-18-62(33)46(77)27(50)13-7-8-16-49/h4-6,11-12,24-25,27-33,38H,7-10,13-23,49-50H2,1-3H3,(H,54,76)(H,55,72)(H,56,63)(H,57,70)(H,58,73)(H,59,75)(H,60,74)(H,61,71)(H,64,65)(H,66,67)(H,68,69)(H,78,79)(H4,51,52,53)/t25-,27-,28-,29-,30-,31-,32-,33-,38-/m0/s1. The van der Waals surface area contributed by atoms with E-state index in [1.165, 1.54) is 25.7 Å². The van der Waals surface area contributed by atoms with E-state index in [1.807, 2.05) is 10.6 Å². The third-order valence-corrected chi connectivity index (χ3v) is 12.1. The monoisotopic (exact) mass is 1120 g/mol. The quantitative estimate of drug-likeness (QED) is 0.0171. The molecule has 0 saturated carbocycles. The van der Waals surface area contributed by atoms with Gasteiger partial charge in [-0.25, -0.2) is 4.79 Å². The Labute approximate surface area is 453 Å². The first kappa shape index (κ1) is 66.6. The van der Waals surface area contributed by atoms with Crippen LogP contribution in [0.2, 0.25) is 0 Å². The van der Waals surface area contributed by atoms with Crippen LogP contribution in [0.4, 0.5) is 0 Å². The number of nitrogens with one attached hydrogen (secondary N) is 8. The van der Waals surface area contributed by atoms with Gasteiger partial charge in [0.05, 0.1) is 31.8 Å². The highest BCUT2D eigenvalue weighted by atomic mass is 16.4. The first-order chi connectivity index (χ1) is 37.1. The fourth-order valence-corrected chi connectivity index (χ4v) is 7.92. The Bertz CT molecular complexity index is 2370. The Morgan fingerprint density at radius 1 is 0.633 bits per heavy atom. The molecule has 0 spiro atoms. The van der Waals surface area contributed by atoms with Crippen molar-refractivity contribution >= 4 is 83.0 Å². The van der Waals surface area contributed by atoms with E-state index in [9.17, 15) is 77.6 Å². The summed E-state index contributed by atoms with van der Waals surface area (Å²) in [4.78, 5) is 172. The van der Waals surface area contributed by atoms with Crippen molar-refractivity contribution in [1.82, 2.24) is 47.4 Å². The number of aliphatic imine (C=N–C) groups is 1. The average Bonchev–Trinajstić information content (AvgIpc) is 3.88. The van der Waals surface area contributed by atoms with Gasteiger partial charge < -0.3 is 90.8 Å². The molecule has 1 aromatic carbocycles. The average molecular weight is 1120 g/mol. The number of amides is 9. The summed E-state index contributed by atoms with van der Waals surface area (Å²) in [6.07, 6.45) is -1.07. The molecular weight excluding hydrogens is 1040 g/mol. The van der Waals surface area contributed by atoms with E-state index < -0.39 is 163 Å². The van der Waals surface area contributed by atoms with Crippen LogP contribution < -0.4 is 65.5 Å². The molecule has 1 heterocycles. The molecule has 1 aliphatic heterocycles. The van der Waals surface area contributed by atoms with Crippen molar-refractivity contribution in [2.45, 2.75) is 146 Å². The number of carbonyl (C=O) groups is 13. The first-order valence-corrected chi connectivity index (χ1v) is 25.3. The van der Waals surface area contributed by atoms with Crippen molar-refractivity contribution in [3.05, 3.63) is 35.9 Å². The van der Waals surface area contributed by atoms with E-state index in [-0.39, 0.29) is 38.3 Å². The summed E-state index contributed by atoms with van der Waals surface area (Å²) in [5.74, 6) is -16.5. The van der Waals surface area contributed by atoms with Gasteiger partial charge in [-0.05, 0) is 63.5 Å². The van der Waals surface area contributed by atoms with Crippen molar-refractivity contribution in [3.8, 4) is 0 Å². The van der Waals surface area contributed by atoms with Crippen LogP contribution in [-0.2, 0) is 68.7 Å². The van der Waals surface area contributed by atoms with Gasteiger partial charge in [-0.2, -0.15) is 0 Å². The lowest BCUT2D eigenvalue weighted by molar-refractivity contribution is -0.148. The van der Waals surface area contributed by atoms with Crippen LogP contribution in [0.3, 0.4) is 0 Å². The number of hydrogen-bond acceptors (Lipinski definition) is 16. The Balaban J connectivity index is 2.25. The molecule has 438 valence electrons. The van der Waals surface area contributed by atoms with Crippen molar-refractivity contribution in [2.24, 2.45) is 33.8 Å². The topological polar surface area (TPSA) is 519 Å². The van der Waals surface area contributed by atoms with Gasteiger partial charge in [0.25, 0.3) is 0 Å². The molecule has 31 nitrogen and oxygen atoms in total. The maximum atomic E-state index is 14.0. The number of guanidine groups is 1. The summed E-state index contributed by atoms with van der Waals surface area (Å²) in [5, 5.41) is 55.3. The number of nitrogens with two attached hydrogens (primary N) is 4. The highest BCUT2D eigenvalue weighted by molar-refractivity contribution is 5.99. The predicted molar refractivity (Wildman–Crippen MR) is 277 cm³/mol. The van der Waals surface area contributed by atoms with Crippen LogP contribution in [0.5, 0.6) is 0 Å². The molecule has 79 heavy (non-hydrogen) atoms. The van der Waals surface area contributed by atoms with Gasteiger partial charge in [-0.3, -0.25) is 62.5 Å². The molecule has 0 aromatic heterocycles. The van der Waals surface area contributed by atoms with Crippen molar-refractivity contribution in [2.75, 3.05) is 26.2 Å². The van der Waals surface area contributed by atoms with Crippen molar-refractivity contribution in [1.29, 1.82) is 0 Å². The molecular formula is C48H74N14O17. The molecule has 0 unspecified atom stereocenters. The zero-order valence-corrected chi connectivity index (χ0v) is 44.1. The lowest BCUT2D eigenvalue weighted by atomic mass is 10.0.